The lowest BCUT2D eigenvalue weighted by molar-refractivity contribution is 0.475. The van der Waals surface area contributed by atoms with Crippen molar-refractivity contribution in [1.29, 1.82) is 0 Å². The highest BCUT2D eigenvalue weighted by molar-refractivity contribution is 7.91. The molecule has 1 aliphatic carbocycles. The van der Waals surface area contributed by atoms with E-state index in [0.29, 0.717) is 12.6 Å². The summed E-state index contributed by atoms with van der Waals surface area (Å²) >= 11 is 1.81. The monoisotopic (exact) mass is 273 g/mol. The lowest BCUT2D eigenvalue weighted by Gasteiger charge is -2.23. The summed E-state index contributed by atoms with van der Waals surface area (Å²) in [5, 5.41) is 5.51. The van der Waals surface area contributed by atoms with E-state index >= 15 is 0 Å². The second-order valence-electron chi connectivity index (χ2n) is 4.43. The summed E-state index contributed by atoms with van der Waals surface area (Å²) in [6, 6.07) is 2.53. The summed E-state index contributed by atoms with van der Waals surface area (Å²) < 4.78 is 22.8. The molecular weight excluding hydrogens is 254 g/mol. The van der Waals surface area contributed by atoms with Gasteiger partial charge < -0.3 is 5.32 Å². The van der Waals surface area contributed by atoms with Crippen LogP contribution in [0.4, 0.5) is 0 Å². The fourth-order valence-electron chi connectivity index (χ4n) is 2.23. The summed E-state index contributed by atoms with van der Waals surface area (Å²) in [6.07, 6.45) is 3.50. The molecule has 0 bridgehead atoms. The number of aryl methyl sites for hydroxylation is 1. The molecule has 0 spiro atoms. The van der Waals surface area contributed by atoms with Crippen LogP contribution in [0.1, 0.15) is 36.2 Å². The molecule has 0 amide bonds. The molecular formula is C12H19NO2S2. The first-order chi connectivity index (χ1) is 8.12. The van der Waals surface area contributed by atoms with Crippen LogP contribution < -0.4 is 5.32 Å². The maximum Gasteiger partial charge on any atom is 0.151 e. The first kappa shape index (κ1) is 13.1. The molecule has 1 N–H and O–H groups in total. The SMILES string of the molecule is CCS(=O)(=O)CCNC1CCCc2sccc21. The fraction of sp³-hybridized carbons (Fsp3) is 0.667. The molecule has 17 heavy (non-hydrogen) atoms. The molecule has 1 aromatic heterocycles. The largest absolute Gasteiger partial charge is 0.309 e. The number of sulfone groups is 1. The van der Waals surface area contributed by atoms with Gasteiger partial charge in [0, 0.05) is 23.2 Å². The van der Waals surface area contributed by atoms with Crippen LogP contribution in [0, 0.1) is 0 Å². The molecule has 0 saturated heterocycles. The molecule has 96 valence electrons. The molecule has 0 aliphatic heterocycles. The number of nitrogens with one attached hydrogen (secondary N) is 1. The van der Waals surface area contributed by atoms with Gasteiger partial charge >= 0.3 is 0 Å². The lowest BCUT2D eigenvalue weighted by Crippen LogP contribution is -2.29. The van der Waals surface area contributed by atoms with Crippen molar-refractivity contribution in [2.24, 2.45) is 0 Å². The molecule has 2 rings (SSSR count). The van der Waals surface area contributed by atoms with Gasteiger partial charge in [-0.2, -0.15) is 0 Å². The summed E-state index contributed by atoms with van der Waals surface area (Å²) in [4.78, 5) is 1.46. The maximum absolute atomic E-state index is 11.4. The second-order valence-corrected chi connectivity index (χ2v) is 7.91. The van der Waals surface area contributed by atoms with Gasteiger partial charge in [-0.3, -0.25) is 0 Å². The highest BCUT2D eigenvalue weighted by Gasteiger charge is 2.20. The van der Waals surface area contributed by atoms with Crippen LogP contribution in [0.25, 0.3) is 0 Å². The zero-order valence-electron chi connectivity index (χ0n) is 10.1. The molecule has 1 aromatic rings. The standard InChI is InChI=1S/C12H19NO2S2/c1-2-17(14,15)9-7-13-11-4-3-5-12-10(11)6-8-16-12/h6,8,11,13H,2-5,7,9H2,1H3. The summed E-state index contributed by atoms with van der Waals surface area (Å²) in [6.45, 7) is 2.27. The zero-order chi connectivity index (χ0) is 12.3. The Morgan fingerprint density at radius 1 is 1.53 bits per heavy atom. The van der Waals surface area contributed by atoms with Crippen LogP contribution in [-0.4, -0.2) is 26.5 Å². The minimum atomic E-state index is -2.84. The van der Waals surface area contributed by atoms with Gasteiger partial charge in [-0.15, -0.1) is 11.3 Å². The van der Waals surface area contributed by atoms with Gasteiger partial charge in [-0.25, -0.2) is 8.42 Å². The van der Waals surface area contributed by atoms with E-state index in [0.717, 1.165) is 6.42 Å². The highest BCUT2D eigenvalue weighted by atomic mass is 32.2. The predicted molar refractivity (Wildman–Crippen MR) is 72.3 cm³/mol. The summed E-state index contributed by atoms with van der Waals surface area (Å²) in [7, 11) is -2.84. The second kappa shape index (κ2) is 5.50. The third kappa shape index (κ3) is 3.30. The predicted octanol–water partition coefficient (Wildman–Crippen LogP) is 2.15. The third-order valence-corrected chi connectivity index (χ3v) is 6.00. The van der Waals surface area contributed by atoms with Crippen LogP contribution in [0.2, 0.25) is 0 Å². The van der Waals surface area contributed by atoms with Gasteiger partial charge in [0.15, 0.2) is 9.84 Å². The van der Waals surface area contributed by atoms with E-state index in [1.807, 2.05) is 11.3 Å². The Hall–Kier alpha value is -0.390. The molecule has 1 atom stereocenters. The normalized spacial score (nSPS) is 20.2. The number of hydrogen-bond acceptors (Lipinski definition) is 4. The van der Waals surface area contributed by atoms with E-state index in [4.69, 9.17) is 0 Å². The molecule has 1 aliphatic rings. The Morgan fingerprint density at radius 2 is 2.35 bits per heavy atom. The van der Waals surface area contributed by atoms with Crippen molar-refractivity contribution in [1.82, 2.24) is 5.32 Å². The molecule has 1 heterocycles. The first-order valence-corrected chi connectivity index (χ1v) is 8.82. The Labute approximate surface area is 107 Å². The van der Waals surface area contributed by atoms with Crippen molar-refractivity contribution < 1.29 is 8.42 Å². The van der Waals surface area contributed by atoms with Crippen LogP contribution in [0.3, 0.4) is 0 Å². The van der Waals surface area contributed by atoms with Gasteiger partial charge in [0.05, 0.1) is 5.75 Å². The molecule has 0 aromatic carbocycles. The van der Waals surface area contributed by atoms with E-state index in [9.17, 15) is 8.42 Å². The minimum absolute atomic E-state index is 0.239. The van der Waals surface area contributed by atoms with Crippen LogP contribution in [0.5, 0.6) is 0 Å². The van der Waals surface area contributed by atoms with Gasteiger partial charge in [-0.1, -0.05) is 6.92 Å². The Morgan fingerprint density at radius 3 is 3.12 bits per heavy atom. The molecule has 0 fully saturated rings. The Kier molecular flexibility index (Phi) is 4.22. The topological polar surface area (TPSA) is 46.2 Å². The van der Waals surface area contributed by atoms with Crippen molar-refractivity contribution in [2.75, 3.05) is 18.1 Å². The lowest BCUT2D eigenvalue weighted by atomic mass is 9.94. The van der Waals surface area contributed by atoms with Crippen molar-refractivity contribution in [3.05, 3.63) is 21.9 Å². The average molecular weight is 273 g/mol. The van der Waals surface area contributed by atoms with Crippen molar-refractivity contribution in [3.8, 4) is 0 Å². The smallest absolute Gasteiger partial charge is 0.151 e. The quantitative estimate of drug-likeness (QED) is 0.894. The molecule has 1 unspecified atom stereocenters. The van der Waals surface area contributed by atoms with Crippen LogP contribution in [-0.2, 0) is 16.3 Å². The highest BCUT2D eigenvalue weighted by Crippen LogP contribution is 2.32. The van der Waals surface area contributed by atoms with Crippen LogP contribution in [0.15, 0.2) is 11.4 Å². The van der Waals surface area contributed by atoms with Gasteiger partial charge in [0.25, 0.3) is 0 Å². The number of hydrogen-bond donors (Lipinski definition) is 1. The molecule has 3 nitrogen and oxygen atoms in total. The van der Waals surface area contributed by atoms with Crippen molar-refractivity contribution in [3.63, 3.8) is 0 Å². The van der Waals surface area contributed by atoms with Gasteiger partial charge in [-0.05, 0) is 36.3 Å². The zero-order valence-corrected chi connectivity index (χ0v) is 11.7. The molecule has 0 saturated carbocycles. The molecule has 0 radical (unpaired) electrons. The van der Waals surface area contributed by atoms with Crippen LogP contribution >= 0.6 is 11.3 Å². The number of rotatable bonds is 5. The summed E-state index contributed by atoms with van der Waals surface area (Å²) in [5.74, 6) is 0.489. The van der Waals surface area contributed by atoms with E-state index < -0.39 is 9.84 Å². The van der Waals surface area contributed by atoms with Gasteiger partial charge in [0.2, 0.25) is 0 Å². The van der Waals surface area contributed by atoms with E-state index in [-0.39, 0.29) is 11.5 Å². The average Bonchev–Trinajstić information content (AvgIpc) is 2.78. The van der Waals surface area contributed by atoms with E-state index in [1.165, 1.54) is 23.3 Å². The van der Waals surface area contributed by atoms with Gasteiger partial charge in [0.1, 0.15) is 0 Å². The van der Waals surface area contributed by atoms with E-state index in [2.05, 4.69) is 16.8 Å². The summed E-state index contributed by atoms with van der Waals surface area (Å²) in [5.41, 5.74) is 1.38. The minimum Gasteiger partial charge on any atom is -0.309 e. The van der Waals surface area contributed by atoms with E-state index in [1.54, 1.807) is 6.92 Å². The Bertz CT molecular complexity index is 465. The number of thiophene rings is 1. The third-order valence-electron chi connectivity index (χ3n) is 3.30. The number of fused-ring (bicyclic) bond motifs is 1. The first-order valence-electron chi connectivity index (χ1n) is 6.12. The molecule has 5 heteroatoms. The van der Waals surface area contributed by atoms with Crippen molar-refractivity contribution >= 4 is 21.2 Å². The fourth-order valence-corrected chi connectivity index (χ4v) is 3.94. The Balaban J connectivity index is 1.90. The maximum atomic E-state index is 11.4. The van der Waals surface area contributed by atoms with Crippen molar-refractivity contribution in [2.45, 2.75) is 32.2 Å².